The fraction of sp³-hybridized carbons (Fsp3) is 0.160. The summed E-state index contributed by atoms with van der Waals surface area (Å²) in [4.78, 5) is 6.14. The molecule has 32 heavy (non-hydrogen) atoms. The van der Waals surface area contributed by atoms with Crippen molar-refractivity contribution >= 4 is 34.4 Å². The first kappa shape index (κ1) is 21.1. The minimum atomic E-state index is 0.766. The molecule has 0 saturated carbocycles. The van der Waals surface area contributed by atoms with Crippen LogP contribution in [-0.4, -0.2) is 19.7 Å². The molecule has 0 bridgehead atoms. The van der Waals surface area contributed by atoms with Crippen LogP contribution >= 0.6 is 34.4 Å². The van der Waals surface area contributed by atoms with Crippen LogP contribution in [-0.2, 0) is 12.8 Å². The van der Waals surface area contributed by atoms with Crippen LogP contribution in [0, 0.1) is 13.8 Å². The molecule has 0 fully saturated rings. The van der Waals surface area contributed by atoms with Gasteiger partial charge in [-0.15, -0.1) is 32.9 Å². The second-order valence-electron chi connectivity index (χ2n) is 7.56. The summed E-state index contributed by atoms with van der Waals surface area (Å²) in [6.45, 7) is 4.29. The summed E-state index contributed by atoms with van der Waals surface area (Å²) >= 11 is 5.12. The van der Waals surface area contributed by atoms with Crippen LogP contribution in [0.25, 0.3) is 33.1 Å². The average molecular weight is 475 g/mol. The van der Waals surface area contributed by atoms with E-state index in [9.17, 15) is 0 Å². The first-order valence-corrected chi connectivity index (χ1v) is 13.0. The molecule has 0 amide bonds. The molecule has 0 atom stereocenters. The lowest BCUT2D eigenvalue weighted by atomic mass is 10.0. The Balaban J connectivity index is 1.37. The lowest BCUT2D eigenvalue weighted by molar-refractivity contribution is 0.794. The third-order valence-corrected chi connectivity index (χ3v) is 8.28. The molecule has 7 heteroatoms. The van der Waals surface area contributed by atoms with Crippen molar-refractivity contribution in [3.63, 3.8) is 0 Å². The van der Waals surface area contributed by atoms with E-state index in [0.29, 0.717) is 0 Å². The number of nitrogens with zero attached hydrogens (tertiary/aromatic N) is 4. The van der Waals surface area contributed by atoms with Crippen molar-refractivity contribution in [1.82, 2.24) is 19.7 Å². The zero-order valence-corrected chi connectivity index (χ0v) is 20.5. The minimum Gasteiger partial charge on any atom is -0.305 e. The molecule has 0 radical (unpaired) electrons. The maximum Gasteiger partial charge on any atom is 0.191 e. The summed E-state index contributed by atoms with van der Waals surface area (Å²) < 4.78 is 2.09. The molecule has 160 valence electrons. The summed E-state index contributed by atoms with van der Waals surface area (Å²) in [5, 5.41) is 15.3. The van der Waals surface area contributed by atoms with Crippen LogP contribution in [0.1, 0.15) is 16.1 Å². The molecule has 2 aromatic carbocycles. The zero-order valence-electron chi connectivity index (χ0n) is 18.1. The van der Waals surface area contributed by atoms with Crippen LogP contribution in [0.5, 0.6) is 0 Å². The largest absolute Gasteiger partial charge is 0.305 e. The second kappa shape index (κ2) is 9.02. The number of aryl methyl sites for hydroxylation is 2. The Bertz CT molecular complexity index is 1370. The van der Waals surface area contributed by atoms with E-state index in [4.69, 9.17) is 4.98 Å². The summed E-state index contributed by atoms with van der Waals surface area (Å²) in [6, 6.07) is 18.9. The fourth-order valence-electron chi connectivity index (χ4n) is 3.71. The zero-order chi connectivity index (χ0) is 22.1. The monoisotopic (exact) mass is 474 g/mol. The quantitative estimate of drug-likeness (QED) is 0.243. The molecule has 0 spiro atoms. The summed E-state index contributed by atoms with van der Waals surface area (Å²) in [5.74, 6) is 1.66. The topological polar surface area (TPSA) is 43.6 Å². The number of hydrogen-bond donors (Lipinski definition) is 0. The molecule has 0 aliphatic heterocycles. The van der Waals surface area contributed by atoms with Gasteiger partial charge in [0.1, 0.15) is 5.01 Å². The van der Waals surface area contributed by atoms with Crippen molar-refractivity contribution in [1.29, 1.82) is 0 Å². The normalized spacial score (nSPS) is 11.2. The van der Waals surface area contributed by atoms with Gasteiger partial charge in [-0.25, -0.2) is 4.98 Å². The van der Waals surface area contributed by atoms with Gasteiger partial charge in [0, 0.05) is 45.1 Å². The molecular weight excluding hydrogens is 453 g/mol. The molecular formula is C25H22N4S3. The minimum absolute atomic E-state index is 0.766. The molecule has 0 aliphatic rings. The number of thiazole rings is 1. The standard InChI is InChI=1S/C25H22N4S3/c1-16-9-7-8-12-20(16)24-26-19(13-31-24)14-32-25-28-27-23(29(25)3)21-15-30-17(2)22(21)18-10-5-4-6-11-18/h4-13,15H,14H2,1-3H3. The Kier molecular flexibility index (Phi) is 5.95. The van der Waals surface area contributed by atoms with Gasteiger partial charge in [0.25, 0.3) is 0 Å². The third kappa shape index (κ3) is 4.03. The molecule has 5 rings (SSSR count). The maximum absolute atomic E-state index is 4.85. The van der Waals surface area contributed by atoms with Gasteiger partial charge in [-0.1, -0.05) is 66.4 Å². The second-order valence-corrected chi connectivity index (χ2v) is 10.4. The van der Waals surface area contributed by atoms with Crippen molar-refractivity contribution in [2.75, 3.05) is 0 Å². The van der Waals surface area contributed by atoms with E-state index in [-0.39, 0.29) is 0 Å². The van der Waals surface area contributed by atoms with Crippen molar-refractivity contribution in [2.45, 2.75) is 24.8 Å². The van der Waals surface area contributed by atoms with Gasteiger partial charge in [-0.3, -0.25) is 0 Å². The molecule has 5 aromatic rings. The smallest absolute Gasteiger partial charge is 0.191 e. The Labute approximate surface area is 200 Å². The number of thiophene rings is 1. The van der Waals surface area contributed by atoms with Gasteiger partial charge in [0.15, 0.2) is 11.0 Å². The highest BCUT2D eigenvalue weighted by molar-refractivity contribution is 7.98. The van der Waals surface area contributed by atoms with Crippen molar-refractivity contribution in [2.24, 2.45) is 7.05 Å². The van der Waals surface area contributed by atoms with Gasteiger partial charge < -0.3 is 4.57 Å². The number of aromatic nitrogens is 4. The van der Waals surface area contributed by atoms with Gasteiger partial charge >= 0.3 is 0 Å². The molecule has 0 aliphatic carbocycles. The van der Waals surface area contributed by atoms with E-state index in [2.05, 4.69) is 87.9 Å². The van der Waals surface area contributed by atoms with Gasteiger partial charge in [0.05, 0.1) is 5.69 Å². The number of thioether (sulfide) groups is 1. The Morgan fingerprint density at radius 2 is 1.66 bits per heavy atom. The van der Waals surface area contributed by atoms with Crippen LogP contribution in [0.3, 0.4) is 0 Å². The number of rotatable bonds is 6. The van der Waals surface area contributed by atoms with E-state index < -0.39 is 0 Å². The molecule has 4 nitrogen and oxygen atoms in total. The first-order valence-electron chi connectivity index (χ1n) is 10.3. The van der Waals surface area contributed by atoms with Crippen molar-refractivity contribution in [3.05, 3.63) is 81.5 Å². The highest BCUT2D eigenvalue weighted by atomic mass is 32.2. The number of benzene rings is 2. The third-order valence-electron chi connectivity index (χ3n) is 5.39. The molecule has 0 unspecified atom stereocenters. The summed E-state index contributed by atoms with van der Waals surface area (Å²) in [5.41, 5.74) is 7.11. The Hall–Kier alpha value is -2.74. The fourth-order valence-corrected chi connectivity index (χ4v) is 6.39. The molecule has 3 heterocycles. The highest BCUT2D eigenvalue weighted by Gasteiger charge is 2.19. The van der Waals surface area contributed by atoms with Gasteiger partial charge in [-0.2, -0.15) is 0 Å². The van der Waals surface area contributed by atoms with E-state index in [1.54, 1.807) is 34.4 Å². The van der Waals surface area contributed by atoms with Crippen molar-refractivity contribution in [3.8, 4) is 33.1 Å². The predicted molar refractivity (Wildman–Crippen MR) is 136 cm³/mol. The van der Waals surface area contributed by atoms with E-state index >= 15 is 0 Å². The summed E-state index contributed by atoms with van der Waals surface area (Å²) in [6.07, 6.45) is 0. The molecule has 3 aromatic heterocycles. The Morgan fingerprint density at radius 1 is 0.875 bits per heavy atom. The van der Waals surface area contributed by atoms with E-state index in [0.717, 1.165) is 33.0 Å². The van der Waals surface area contributed by atoms with Crippen LogP contribution in [0.2, 0.25) is 0 Å². The van der Waals surface area contributed by atoms with Crippen LogP contribution in [0.15, 0.2) is 70.5 Å². The van der Waals surface area contributed by atoms with Gasteiger partial charge in [-0.05, 0) is 25.0 Å². The SMILES string of the molecule is Cc1ccccc1-c1nc(CSc2nnc(-c3csc(C)c3-c3ccccc3)n2C)cs1. The van der Waals surface area contributed by atoms with Crippen LogP contribution in [0.4, 0.5) is 0 Å². The maximum atomic E-state index is 4.85. The molecule has 0 saturated heterocycles. The predicted octanol–water partition coefficient (Wildman–Crippen LogP) is 7.24. The first-order chi connectivity index (χ1) is 15.6. The number of hydrogen-bond acceptors (Lipinski definition) is 6. The van der Waals surface area contributed by atoms with Crippen LogP contribution < -0.4 is 0 Å². The average Bonchev–Trinajstić information content (AvgIpc) is 3.52. The summed E-state index contributed by atoms with van der Waals surface area (Å²) in [7, 11) is 2.04. The van der Waals surface area contributed by atoms with E-state index in [1.165, 1.54) is 27.1 Å². The highest BCUT2D eigenvalue weighted by Crippen LogP contribution is 2.39. The lowest BCUT2D eigenvalue weighted by Crippen LogP contribution is -1.96. The van der Waals surface area contributed by atoms with Crippen molar-refractivity contribution < 1.29 is 0 Å². The lowest BCUT2D eigenvalue weighted by Gasteiger charge is -2.07. The Morgan fingerprint density at radius 3 is 2.47 bits per heavy atom. The van der Waals surface area contributed by atoms with Gasteiger partial charge in [0.2, 0.25) is 0 Å². The molecule has 0 N–H and O–H groups in total. The van der Waals surface area contributed by atoms with E-state index in [1.807, 2.05) is 13.1 Å².